The normalized spacial score (nSPS) is 19.7. The number of likely N-dealkylation sites (tertiary alicyclic amines) is 1. The van der Waals surface area contributed by atoms with Crippen LogP contribution in [0.4, 0.5) is 10.1 Å². The van der Waals surface area contributed by atoms with E-state index in [0.717, 1.165) is 0 Å². The van der Waals surface area contributed by atoms with Crippen LogP contribution in [0.15, 0.2) is 47.1 Å². The lowest BCUT2D eigenvalue weighted by atomic mass is 9.97. The van der Waals surface area contributed by atoms with Gasteiger partial charge >= 0.3 is 0 Å². The number of amides is 1. The molecule has 3 heterocycles. The molecule has 1 aliphatic rings. The maximum absolute atomic E-state index is 14.2. The molecule has 27 heavy (non-hydrogen) atoms. The van der Waals surface area contributed by atoms with Gasteiger partial charge in [-0.15, -0.1) is 0 Å². The van der Waals surface area contributed by atoms with Crippen molar-refractivity contribution in [1.29, 1.82) is 0 Å². The van der Waals surface area contributed by atoms with Crippen LogP contribution in [-0.4, -0.2) is 39.6 Å². The third kappa shape index (κ3) is 2.83. The van der Waals surface area contributed by atoms with Gasteiger partial charge in [-0.05, 0) is 6.07 Å². The zero-order valence-electron chi connectivity index (χ0n) is 14.5. The molecule has 0 saturated carbocycles. The molecule has 2 aromatic heterocycles. The number of hydrogen-bond acceptors (Lipinski definition) is 6. The minimum Gasteiger partial charge on any atom is -0.397 e. The number of nitrogens with zero attached hydrogens (tertiary/aromatic N) is 3. The second kappa shape index (κ2) is 6.17. The van der Waals surface area contributed by atoms with Crippen molar-refractivity contribution in [1.82, 2.24) is 15.0 Å². The van der Waals surface area contributed by atoms with E-state index >= 15 is 0 Å². The van der Waals surface area contributed by atoms with E-state index in [4.69, 9.17) is 10.3 Å². The zero-order chi connectivity index (χ0) is 19.2. The van der Waals surface area contributed by atoms with E-state index in [1.54, 1.807) is 31.3 Å². The Balaban J connectivity index is 1.70. The summed E-state index contributed by atoms with van der Waals surface area (Å²) in [6.07, 6.45) is 1.62. The van der Waals surface area contributed by atoms with Gasteiger partial charge in [0.05, 0.1) is 11.9 Å². The fourth-order valence-corrected chi connectivity index (χ4v) is 3.18. The number of aliphatic hydroxyl groups is 1. The largest absolute Gasteiger partial charge is 0.397 e. The van der Waals surface area contributed by atoms with Crippen molar-refractivity contribution in [3.63, 3.8) is 0 Å². The lowest BCUT2D eigenvalue weighted by molar-refractivity contribution is -0.144. The summed E-state index contributed by atoms with van der Waals surface area (Å²) in [6.45, 7) is 0.433. The Morgan fingerprint density at radius 1 is 1.30 bits per heavy atom. The van der Waals surface area contributed by atoms with E-state index < -0.39 is 17.3 Å². The van der Waals surface area contributed by atoms with Gasteiger partial charge in [0.15, 0.2) is 11.6 Å². The van der Waals surface area contributed by atoms with Crippen molar-refractivity contribution in [2.45, 2.75) is 12.0 Å². The summed E-state index contributed by atoms with van der Waals surface area (Å²) in [7, 11) is 1.62. The minimum atomic E-state index is -1.71. The molecule has 1 fully saturated rings. The third-order valence-electron chi connectivity index (χ3n) is 4.72. The fraction of sp³-hybridized carbons (Fsp3) is 0.211. The smallest absolute Gasteiger partial charge is 0.262 e. The number of halogens is 1. The zero-order valence-corrected chi connectivity index (χ0v) is 14.5. The number of pyridine rings is 1. The van der Waals surface area contributed by atoms with Crippen LogP contribution in [0.3, 0.4) is 0 Å². The molecule has 0 unspecified atom stereocenters. The Morgan fingerprint density at radius 3 is 2.78 bits per heavy atom. The summed E-state index contributed by atoms with van der Waals surface area (Å²) in [5, 5.41) is 14.6. The van der Waals surface area contributed by atoms with Gasteiger partial charge in [-0.25, -0.2) is 4.39 Å². The topological polar surface area (TPSA) is 105 Å². The van der Waals surface area contributed by atoms with Crippen molar-refractivity contribution >= 4 is 11.6 Å². The first-order valence-electron chi connectivity index (χ1n) is 8.35. The molecule has 8 heteroatoms. The first kappa shape index (κ1) is 17.2. The summed E-state index contributed by atoms with van der Waals surface area (Å²) in [5.41, 5.74) is 5.86. The number of rotatable bonds is 3. The molecule has 1 amide bonds. The minimum absolute atomic E-state index is 0.0917. The summed E-state index contributed by atoms with van der Waals surface area (Å²) in [4.78, 5) is 17.7. The maximum atomic E-state index is 14.2. The number of aromatic nitrogens is 2. The highest BCUT2D eigenvalue weighted by Gasteiger charge is 2.48. The number of likely N-dealkylation sites (N-methyl/N-ethyl adjacent to an activating group) is 1. The first-order chi connectivity index (χ1) is 12.9. The Labute approximate surface area is 154 Å². The molecule has 3 aromatic rings. The number of carbonyl (C=O) groups excluding carboxylic acids is 1. The summed E-state index contributed by atoms with van der Waals surface area (Å²) < 4.78 is 19.4. The number of hydrogen-bond donors (Lipinski definition) is 2. The molecule has 4 rings (SSSR count). The van der Waals surface area contributed by atoms with Crippen LogP contribution in [-0.2, 0) is 10.4 Å². The van der Waals surface area contributed by atoms with Gasteiger partial charge in [-0.1, -0.05) is 23.4 Å². The molecule has 0 aliphatic carbocycles. The van der Waals surface area contributed by atoms with Gasteiger partial charge in [-0.3, -0.25) is 9.78 Å². The fourth-order valence-electron chi connectivity index (χ4n) is 3.18. The van der Waals surface area contributed by atoms with Crippen molar-refractivity contribution < 1.29 is 18.8 Å². The highest BCUT2D eigenvalue weighted by molar-refractivity contribution is 5.87. The predicted octanol–water partition coefficient (Wildman–Crippen LogP) is 2.17. The standard InChI is InChI=1S/C19H17FN4O3/c1-24-6-5-19(26,18(24)25)16-9-15(23-27-16)11-3-2-4-12(7-11)17-14(20)8-13(21)10-22-17/h2-4,7-10,26H,5-6,21H2,1H3/t19-/m1/s1. The van der Waals surface area contributed by atoms with Crippen LogP contribution in [0, 0.1) is 5.82 Å². The van der Waals surface area contributed by atoms with Gasteiger partial charge in [-0.2, -0.15) is 0 Å². The monoisotopic (exact) mass is 368 g/mol. The van der Waals surface area contributed by atoms with Gasteiger partial charge in [0.2, 0.25) is 5.60 Å². The van der Waals surface area contributed by atoms with Crippen molar-refractivity contribution in [2.24, 2.45) is 0 Å². The molecule has 0 spiro atoms. The lowest BCUT2D eigenvalue weighted by Crippen LogP contribution is -2.35. The SMILES string of the molecule is CN1CC[C@@](O)(c2cc(-c3cccc(-c4ncc(N)cc4F)c3)no2)C1=O. The molecular formula is C19H17FN4O3. The average Bonchev–Trinajstić information content (AvgIpc) is 3.24. The number of carbonyl (C=O) groups is 1. The molecular weight excluding hydrogens is 351 g/mol. The molecule has 1 atom stereocenters. The van der Waals surface area contributed by atoms with E-state index in [9.17, 15) is 14.3 Å². The number of anilines is 1. The van der Waals surface area contributed by atoms with Crippen LogP contribution in [0.25, 0.3) is 22.5 Å². The van der Waals surface area contributed by atoms with Crippen LogP contribution < -0.4 is 5.73 Å². The van der Waals surface area contributed by atoms with Crippen LogP contribution in [0.5, 0.6) is 0 Å². The van der Waals surface area contributed by atoms with Crippen LogP contribution in [0.1, 0.15) is 12.2 Å². The number of benzene rings is 1. The van der Waals surface area contributed by atoms with E-state index in [2.05, 4.69) is 10.1 Å². The molecule has 7 nitrogen and oxygen atoms in total. The van der Waals surface area contributed by atoms with Gasteiger partial charge in [0, 0.05) is 43.3 Å². The van der Waals surface area contributed by atoms with Gasteiger partial charge < -0.3 is 20.3 Å². The van der Waals surface area contributed by atoms with E-state index in [0.29, 0.717) is 23.4 Å². The molecule has 0 bridgehead atoms. The molecule has 138 valence electrons. The molecule has 1 aromatic carbocycles. The van der Waals surface area contributed by atoms with E-state index in [-0.39, 0.29) is 23.6 Å². The molecule has 1 saturated heterocycles. The first-order valence-corrected chi connectivity index (χ1v) is 8.35. The van der Waals surface area contributed by atoms with Crippen LogP contribution >= 0.6 is 0 Å². The van der Waals surface area contributed by atoms with Crippen molar-refractivity contribution in [3.8, 4) is 22.5 Å². The molecule has 1 aliphatic heterocycles. The lowest BCUT2D eigenvalue weighted by Gasteiger charge is -2.16. The summed E-state index contributed by atoms with van der Waals surface area (Å²) in [5.74, 6) is -0.858. The van der Waals surface area contributed by atoms with E-state index in [1.165, 1.54) is 23.2 Å². The van der Waals surface area contributed by atoms with Gasteiger partial charge in [0.25, 0.3) is 5.91 Å². The Kier molecular flexibility index (Phi) is 3.92. The predicted molar refractivity (Wildman–Crippen MR) is 95.7 cm³/mol. The Morgan fingerprint density at radius 2 is 2.07 bits per heavy atom. The summed E-state index contributed by atoms with van der Waals surface area (Å²) >= 11 is 0. The Hall–Kier alpha value is -3.26. The van der Waals surface area contributed by atoms with E-state index in [1.807, 2.05) is 0 Å². The molecule has 3 N–H and O–H groups in total. The van der Waals surface area contributed by atoms with Gasteiger partial charge in [0.1, 0.15) is 11.4 Å². The Bertz CT molecular complexity index is 1040. The highest BCUT2D eigenvalue weighted by atomic mass is 19.1. The quantitative estimate of drug-likeness (QED) is 0.734. The number of nitrogens with two attached hydrogens (primary N) is 1. The maximum Gasteiger partial charge on any atom is 0.262 e. The van der Waals surface area contributed by atoms with Crippen molar-refractivity contribution in [3.05, 3.63) is 54.2 Å². The van der Waals surface area contributed by atoms with Crippen molar-refractivity contribution in [2.75, 3.05) is 19.3 Å². The molecule has 0 radical (unpaired) electrons. The third-order valence-corrected chi connectivity index (χ3v) is 4.72. The summed E-state index contributed by atoms with van der Waals surface area (Å²) in [6, 6.07) is 9.67. The second-order valence-corrected chi connectivity index (χ2v) is 6.59. The highest BCUT2D eigenvalue weighted by Crippen LogP contribution is 2.35. The van der Waals surface area contributed by atoms with Crippen LogP contribution in [0.2, 0.25) is 0 Å². The average molecular weight is 368 g/mol. The second-order valence-electron chi connectivity index (χ2n) is 6.59. The number of nitrogen functional groups attached to an aromatic ring is 1.